The summed E-state index contributed by atoms with van der Waals surface area (Å²) < 4.78 is 5.73. The number of benzene rings is 1. The van der Waals surface area contributed by atoms with Crippen LogP contribution in [0.15, 0.2) is 57.8 Å². The van der Waals surface area contributed by atoms with E-state index in [1.54, 1.807) is 23.7 Å². The number of rotatable bonds is 7. The molecule has 5 nitrogen and oxygen atoms in total. The van der Waals surface area contributed by atoms with E-state index in [1.807, 2.05) is 14.1 Å². The number of furan rings is 1. The highest BCUT2D eigenvalue weighted by Gasteiger charge is 2.28. The number of carbonyl (C=O) groups is 1. The Hall–Kier alpha value is -2.57. The SMILES string of the molecule is CC1Cc2ccccc2N1Cc1occc1C(=O)NCC(c1ccsc1)N(C)C. The van der Waals surface area contributed by atoms with Gasteiger partial charge < -0.3 is 19.5 Å². The van der Waals surface area contributed by atoms with Crippen LogP contribution in [0.3, 0.4) is 0 Å². The second-order valence-electron chi connectivity index (χ2n) is 7.81. The van der Waals surface area contributed by atoms with Crippen molar-refractivity contribution in [3.05, 3.63) is 75.9 Å². The zero-order chi connectivity index (χ0) is 20.4. The van der Waals surface area contributed by atoms with Crippen LogP contribution < -0.4 is 10.2 Å². The van der Waals surface area contributed by atoms with E-state index in [-0.39, 0.29) is 11.9 Å². The Bertz CT molecular complexity index is 964. The van der Waals surface area contributed by atoms with E-state index in [4.69, 9.17) is 4.42 Å². The van der Waals surface area contributed by atoms with E-state index >= 15 is 0 Å². The molecule has 0 fully saturated rings. The molecule has 1 amide bonds. The van der Waals surface area contributed by atoms with Gasteiger partial charge in [0.05, 0.1) is 24.4 Å². The van der Waals surface area contributed by atoms with E-state index in [0.29, 0.717) is 30.5 Å². The van der Waals surface area contributed by atoms with Crippen molar-refractivity contribution in [1.29, 1.82) is 0 Å². The summed E-state index contributed by atoms with van der Waals surface area (Å²) in [5.74, 6) is 0.624. The quantitative estimate of drug-likeness (QED) is 0.631. The van der Waals surface area contributed by atoms with Crippen LogP contribution in [0.1, 0.15) is 40.2 Å². The maximum atomic E-state index is 12.9. The predicted molar refractivity (Wildman–Crippen MR) is 118 cm³/mol. The number of hydrogen-bond acceptors (Lipinski definition) is 5. The van der Waals surface area contributed by atoms with Crippen molar-refractivity contribution < 1.29 is 9.21 Å². The Balaban J connectivity index is 1.46. The summed E-state index contributed by atoms with van der Waals surface area (Å²) in [5, 5.41) is 7.29. The topological polar surface area (TPSA) is 48.7 Å². The number of nitrogens with one attached hydrogen (secondary N) is 1. The lowest BCUT2D eigenvalue weighted by molar-refractivity contribution is 0.0940. The fourth-order valence-electron chi connectivity index (χ4n) is 4.04. The largest absolute Gasteiger partial charge is 0.467 e. The molecule has 1 aliphatic heterocycles. The molecule has 4 rings (SSSR count). The van der Waals surface area contributed by atoms with Gasteiger partial charge in [-0.05, 0) is 67.5 Å². The van der Waals surface area contributed by atoms with Crippen molar-refractivity contribution in [2.45, 2.75) is 32.0 Å². The highest BCUT2D eigenvalue weighted by Crippen LogP contribution is 2.33. The van der Waals surface area contributed by atoms with Crippen molar-refractivity contribution in [1.82, 2.24) is 10.2 Å². The maximum Gasteiger partial charge on any atom is 0.254 e. The highest BCUT2D eigenvalue weighted by atomic mass is 32.1. The molecule has 2 unspecified atom stereocenters. The van der Waals surface area contributed by atoms with Crippen LogP contribution in [0.5, 0.6) is 0 Å². The summed E-state index contributed by atoms with van der Waals surface area (Å²) in [7, 11) is 4.06. The van der Waals surface area contributed by atoms with Crippen molar-refractivity contribution >= 4 is 22.9 Å². The lowest BCUT2D eigenvalue weighted by Crippen LogP contribution is -2.35. The molecule has 0 aliphatic carbocycles. The number of fused-ring (bicyclic) bond motifs is 1. The molecule has 152 valence electrons. The lowest BCUT2D eigenvalue weighted by atomic mass is 10.1. The first-order valence-corrected chi connectivity index (χ1v) is 10.9. The molecule has 29 heavy (non-hydrogen) atoms. The molecule has 0 saturated carbocycles. The smallest absolute Gasteiger partial charge is 0.254 e. The number of anilines is 1. The summed E-state index contributed by atoms with van der Waals surface area (Å²) in [6, 6.07) is 12.9. The fraction of sp³-hybridized carbons (Fsp3) is 0.348. The summed E-state index contributed by atoms with van der Waals surface area (Å²) in [6.45, 7) is 3.36. The van der Waals surface area contributed by atoms with Crippen molar-refractivity contribution in [3.8, 4) is 0 Å². The maximum absolute atomic E-state index is 12.9. The van der Waals surface area contributed by atoms with Gasteiger partial charge in [-0.1, -0.05) is 18.2 Å². The van der Waals surface area contributed by atoms with Crippen LogP contribution in [-0.4, -0.2) is 37.5 Å². The number of para-hydroxylation sites is 1. The third kappa shape index (κ3) is 4.09. The zero-order valence-corrected chi connectivity index (χ0v) is 17.9. The van der Waals surface area contributed by atoms with Crippen molar-refractivity contribution in [3.63, 3.8) is 0 Å². The summed E-state index contributed by atoms with van der Waals surface area (Å²) in [6.07, 6.45) is 2.63. The standard InChI is InChI=1S/C23H27N3O2S/c1-16-12-17-6-4-5-7-20(17)26(16)14-22-19(8-10-28-22)23(27)24-13-21(25(2)3)18-9-11-29-15-18/h4-11,15-16,21H,12-14H2,1-3H3,(H,24,27). The molecule has 3 aromatic rings. The molecule has 1 aromatic carbocycles. The van der Waals surface area contributed by atoms with Gasteiger partial charge in [-0.25, -0.2) is 0 Å². The molecule has 1 N–H and O–H groups in total. The Morgan fingerprint density at radius 2 is 2.14 bits per heavy atom. The van der Waals surface area contributed by atoms with Crippen molar-refractivity contribution in [2.75, 3.05) is 25.5 Å². The number of amides is 1. The van der Waals surface area contributed by atoms with E-state index < -0.39 is 0 Å². The Morgan fingerprint density at radius 3 is 2.90 bits per heavy atom. The van der Waals surface area contributed by atoms with Crippen LogP contribution in [0.2, 0.25) is 0 Å². The molecule has 2 aromatic heterocycles. The first-order chi connectivity index (χ1) is 14.0. The average molecular weight is 410 g/mol. The predicted octanol–water partition coefficient (Wildman–Crippen LogP) is 4.33. The number of likely N-dealkylation sites (N-methyl/N-ethyl adjacent to an activating group) is 1. The first-order valence-electron chi connectivity index (χ1n) is 9.92. The van der Waals surface area contributed by atoms with Crippen LogP contribution in [0.25, 0.3) is 0 Å². The van der Waals surface area contributed by atoms with Crippen LogP contribution in [-0.2, 0) is 13.0 Å². The normalized spacial score (nSPS) is 16.8. The molecular weight excluding hydrogens is 382 g/mol. The second kappa shape index (κ2) is 8.43. The molecule has 0 spiro atoms. The average Bonchev–Trinajstić information content (AvgIpc) is 3.43. The van der Waals surface area contributed by atoms with Gasteiger partial charge in [0.25, 0.3) is 5.91 Å². The van der Waals surface area contributed by atoms with Gasteiger partial charge in [0.1, 0.15) is 5.76 Å². The molecule has 1 aliphatic rings. The Kier molecular flexibility index (Phi) is 5.74. The summed E-state index contributed by atoms with van der Waals surface area (Å²) >= 11 is 1.67. The molecule has 0 radical (unpaired) electrons. The third-order valence-corrected chi connectivity index (χ3v) is 6.36. The van der Waals surface area contributed by atoms with Gasteiger partial charge in [0.15, 0.2) is 0 Å². The molecule has 2 atom stereocenters. The van der Waals surface area contributed by atoms with Crippen LogP contribution >= 0.6 is 11.3 Å². The molecule has 0 saturated heterocycles. The van der Waals surface area contributed by atoms with Gasteiger partial charge in [-0.2, -0.15) is 11.3 Å². The van der Waals surface area contributed by atoms with Crippen LogP contribution in [0.4, 0.5) is 5.69 Å². The number of thiophene rings is 1. The van der Waals surface area contributed by atoms with E-state index in [9.17, 15) is 4.79 Å². The zero-order valence-electron chi connectivity index (χ0n) is 17.1. The van der Waals surface area contributed by atoms with Gasteiger partial charge in [-0.3, -0.25) is 4.79 Å². The summed E-state index contributed by atoms with van der Waals surface area (Å²) in [5.41, 5.74) is 4.41. The van der Waals surface area contributed by atoms with Crippen LogP contribution in [0, 0.1) is 0 Å². The van der Waals surface area contributed by atoms with Gasteiger partial charge in [-0.15, -0.1) is 0 Å². The third-order valence-electron chi connectivity index (χ3n) is 5.66. The first kappa shape index (κ1) is 19.7. The second-order valence-corrected chi connectivity index (χ2v) is 8.59. The Labute approximate surface area is 175 Å². The van der Waals surface area contributed by atoms with Gasteiger partial charge in [0.2, 0.25) is 0 Å². The highest BCUT2D eigenvalue weighted by molar-refractivity contribution is 7.07. The number of carbonyl (C=O) groups excluding carboxylic acids is 1. The molecule has 3 heterocycles. The molecule has 6 heteroatoms. The fourth-order valence-corrected chi connectivity index (χ4v) is 4.75. The molecular formula is C23H27N3O2S. The summed E-state index contributed by atoms with van der Waals surface area (Å²) in [4.78, 5) is 17.4. The van der Waals surface area contributed by atoms with E-state index in [2.05, 4.69) is 63.1 Å². The molecule has 0 bridgehead atoms. The van der Waals surface area contributed by atoms with Gasteiger partial charge >= 0.3 is 0 Å². The Morgan fingerprint density at radius 1 is 1.31 bits per heavy atom. The van der Waals surface area contributed by atoms with E-state index in [0.717, 1.165) is 6.42 Å². The van der Waals surface area contributed by atoms with Gasteiger partial charge in [0, 0.05) is 18.3 Å². The van der Waals surface area contributed by atoms with E-state index in [1.165, 1.54) is 16.8 Å². The minimum Gasteiger partial charge on any atom is -0.467 e. The lowest BCUT2D eigenvalue weighted by Gasteiger charge is -2.25. The van der Waals surface area contributed by atoms with Crippen molar-refractivity contribution in [2.24, 2.45) is 0 Å². The monoisotopic (exact) mass is 409 g/mol. The minimum absolute atomic E-state index is 0.0871. The number of hydrogen-bond donors (Lipinski definition) is 1. The minimum atomic E-state index is -0.0871. The number of nitrogens with zero attached hydrogens (tertiary/aromatic N) is 2.